The zero-order valence-electron chi connectivity index (χ0n) is 11.0. The molecule has 0 bridgehead atoms. The highest BCUT2D eigenvalue weighted by molar-refractivity contribution is 7.89. The van der Waals surface area contributed by atoms with E-state index in [1.165, 1.54) is 25.3 Å². The summed E-state index contributed by atoms with van der Waals surface area (Å²) in [6, 6.07) is 4.07. The van der Waals surface area contributed by atoms with Crippen LogP contribution in [0, 0.1) is 0 Å². The van der Waals surface area contributed by atoms with Crippen molar-refractivity contribution in [2.75, 3.05) is 12.4 Å². The third-order valence-electron chi connectivity index (χ3n) is 2.53. The molecule has 7 heteroatoms. The van der Waals surface area contributed by atoms with E-state index >= 15 is 0 Å². The minimum Gasteiger partial charge on any atom is -0.495 e. The van der Waals surface area contributed by atoms with E-state index in [0.717, 1.165) is 12.8 Å². The summed E-state index contributed by atoms with van der Waals surface area (Å²) in [5, 5.41) is 7.67. The van der Waals surface area contributed by atoms with Crippen LogP contribution >= 0.6 is 0 Å². The number of carbonyl (C=O) groups excluding carboxylic acids is 1. The molecule has 0 aliphatic heterocycles. The summed E-state index contributed by atoms with van der Waals surface area (Å²) >= 11 is 0. The van der Waals surface area contributed by atoms with E-state index in [2.05, 4.69) is 5.32 Å². The van der Waals surface area contributed by atoms with Crippen molar-refractivity contribution in [2.45, 2.75) is 31.1 Å². The average molecular weight is 286 g/mol. The second kappa shape index (κ2) is 6.53. The largest absolute Gasteiger partial charge is 0.495 e. The summed E-state index contributed by atoms with van der Waals surface area (Å²) in [6.45, 7) is 1.98. The number of amides is 1. The normalized spacial score (nSPS) is 11.1. The molecule has 0 unspecified atom stereocenters. The molecule has 0 aliphatic carbocycles. The summed E-state index contributed by atoms with van der Waals surface area (Å²) in [4.78, 5) is 11.6. The minimum absolute atomic E-state index is 0.0703. The van der Waals surface area contributed by atoms with E-state index in [9.17, 15) is 13.2 Å². The first-order chi connectivity index (χ1) is 8.88. The quantitative estimate of drug-likeness (QED) is 0.827. The van der Waals surface area contributed by atoms with Crippen LogP contribution in [0.5, 0.6) is 5.75 Å². The van der Waals surface area contributed by atoms with Crippen molar-refractivity contribution in [2.24, 2.45) is 5.14 Å². The molecule has 0 spiro atoms. The molecule has 1 aromatic carbocycles. The monoisotopic (exact) mass is 286 g/mol. The molecule has 0 saturated heterocycles. The van der Waals surface area contributed by atoms with Crippen LogP contribution in [-0.4, -0.2) is 21.4 Å². The number of nitrogens with two attached hydrogens (primary N) is 1. The molecule has 1 rings (SSSR count). The van der Waals surface area contributed by atoms with Gasteiger partial charge in [-0.2, -0.15) is 0 Å². The van der Waals surface area contributed by atoms with Crippen LogP contribution in [0.2, 0.25) is 0 Å². The Balaban J connectivity index is 3.00. The second-order valence-electron chi connectivity index (χ2n) is 4.06. The van der Waals surface area contributed by atoms with Crippen LogP contribution in [0.4, 0.5) is 5.69 Å². The van der Waals surface area contributed by atoms with Crippen LogP contribution < -0.4 is 15.2 Å². The molecule has 0 fully saturated rings. The highest BCUT2D eigenvalue weighted by Crippen LogP contribution is 2.27. The molecule has 1 amide bonds. The average Bonchev–Trinajstić information content (AvgIpc) is 2.35. The molecule has 0 saturated carbocycles. The lowest BCUT2D eigenvalue weighted by molar-refractivity contribution is -0.116. The van der Waals surface area contributed by atoms with E-state index in [4.69, 9.17) is 9.88 Å². The van der Waals surface area contributed by atoms with Gasteiger partial charge in [0.05, 0.1) is 17.7 Å². The van der Waals surface area contributed by atoms with Crippen LogP contribution in [-0.2, 0) is 14.8 Å². The van der Waals surface area contributed by atoms with Crippen molar-refractivity contribution in [3.8, 4) is 5.75 Å². The van der Waals surface area contributed by atoms with E-state index in [0.29, 0.717) is 17.9 Å². The van der Waals surface area contributed by atoms with Gasteiger partial charge in [0.25, 0.3) is 0 Å². The lowest BCUT2D eigenvalue weighted by atomic mass is 10.2. The Hall–Kier alpha value is -1.60. The first-order valence-electron chi connectivity index (χ1n) is 5.89. The standard InChI is InChI=1S/C12H18N2O4S/c1-3-4-5-12(15)14-10-8-9(19(13,16)17)6-7-11(10)18-2/h6-8H,3-5H2,1-2H3,(H,14,15)(H2,13,16,17). The summed E-state index contributed by atoms with van der Waals surface area (Å²) in [5.74, 6) is 0.198. The van der Waals surface area contributed by atoms with Crippen LogP contribution in [0.25, 0.3) is 0 Å². The Morgan fingerprint density at radius 3 is 2.63 bits per heavy atom. The Labute approximate surface area is 113 Å². The van der Waals surface area contributed by atoms with Crippen molar-refractivity contribution < 1.29 is 17.9 Å². The first-order valence-corrected chi connectivity index (χ1v) is 7.43. The number of primary sulfonamides is 1. The Kier molecular flexibility index (Phi) is 5.31. The van der Waals surface area contributed by atoms with Gasteiger partial charge in [0, 0.05) is 6.42 Å². The SMILES string of the molecule is CCCCC(=O)Nc1cc(S(N)(=O)=O)ccc1OC. The van der Waals surface area contributed by atoms with Crippen LogP contribution in [0.15, 0.2) is 23.1 Å². The summed E-state index contributed by atoms with van der Waals surface area (Å²) in [7, 11) is -2.37. The second-order valence-corrected chi connectivity index (χ2v) is 5.62. The molecule has 6 nitrogen and oxygen atoms in total. The van der Waals surface area contributed by atoms with E-state index in [-0.39, 0.29) is 10.8 Å². The summed E-state index contributed by atoms with van der Waals surface area (Å²) in [5.41, 5.74) is 0.301. The van der Waals surface area contributed by atoms with Gasteiger partial charge in [-0.25, -0.2) is 13.6 Å². The number of sulfonamides is 1. The smallest absolute Gasteiger partial charge is 0.238 e. The Morgan fingerprint density at radius 2 is 2.11 bits per heavy atom. The number of hydrogen-bond donors (Lipinski definition) is 2. The number of anilines is 1. The van der Waals surface area contributed by atoms with Crippen LogP contribution in [0.3, 0.4) is 0 Å². The van der Waals surface area contributed by atoms with Gasteiger partial charge in [-0.3, -0.25) is 4.79 Å². The van der Waals surface area contributed by atoms with Gasteiger partial charge in [-0.05, 0) is 24.6 Å². The molecule has 0 atom stereocenters. The van der Waals surface area contributed by atoms with E-state index < -0.39 is 10.0 Å². The predicted molar refractivity (Wildman–Crippen MR) is 72.5 cm³/mol. The zero-order valence-corrected chi connectivity index (χ0v) is 11.8. The van der Waals surface area contributed by atoms with Crippen LogP contribution in [0.1, 0.15) is 26.2 Å². The Morgan fingerprint density at radius 1 is 1.42 bits per heavy atom. The summed E-state index contributed by atoms with van der Waals surface area (Å²) in [6.07, 6.45) is 2.05. The lowest BCUT2D eigenvalue weighted by Gasteiger charge is -2.11. The molecule has 0 aromatic heterocycles. The first kappa shape index (κ1) is 15.5. The number of unbranched alkanes of at least 4 members (excludes halogenated alkanes) is 1. The molecule has 19 heavy (non-hydrogen) atoms. The molecule has 0 aliphatic rings. The fraction of sp³-hybridized carbons (Fsp3) is 0.417. The fourth-order valence-corrected chi connectivity index (χ4v) is 2.05. The molecule has 0 radical (unpaired) electrons. The minimum atomic E-state index is -3.81. The number of ether oxygens (including phenoxy) is 1. The molecular formula is C12H18N2O4S. The maximum atomic E-state index is 11.7. The topological polar surface area (TPSA) is 98.5 Å². The van der Waals surface area contributed by atoms with E-state index in [1.807, 2.05) is 6.92 Å². The predicted octanol–water partition coefficient (Wildman–Crippen LogP) is 1.47. The molecule has 1 aromatic rings. The number of carbonyl (C=O) groups is 1. The van der Waals surface area contributed by atoms with E-state index in [1.54, 1.807) is 0 Å². The van der Waals surface area contributed by atoms with Crippen molar-refractivity contribution in [3.05, 3.63) is 18.2 Å². The van der Waals surface area contributed by atoms with Crippen molar-refractivity contribution >= 4 is 21.6 Å². The Bertz CT molecular complexity index is 555. The van der Waals surface area contributed by atoms with Gasteiger partial charge in [0.15, 0.2) is 0 Å². The highest BCUT2D eigenvalue weighted by atomic mass is 32.2. The van der Waals surface area contributed by atoms with Gasteiger partial charge in [0.2, 0.25) is 15.9 Å². The van der Waals surface area contributed by atoms with Gasteiger partial charge in [-0.1, -0.05) is 13.3 Å². The zero-order chi connectivity index (χ0) is 14.5. The molecule has 3 N–H and O–H groups in total. The third-order valence-corrected chi connectivity index (χ3v) is 3.44. The van der Waals surface area contributed by atoms with Gasteiger partial charge in [-0.15, -0.1) is 0 Å². The fourth-order valence-electron chi connectivity index (χ4n) is 1.51. The third kappa shape index (κ3) is 4.53. The number of rotatable bonds is 6. The maximum Gasteiger partial charge on any atom is 0.238 e. The number of benzene rings is 1. The molecule has 0 heterocycles. The number of methoxy groups -OCH3 is 1. The summed E-state index contributed by atoms with van der Waals surface area (Å²) < 4.78 is 27.6. The molecular weight excluding hydrogens is 268 g/mol. The van der Waals surface area contributed by atoms with Crippen molar-refractivity contribution in [1.82, 2.24) is 0 Å². The van der Waals surface area contributed by atoms with Gasteiger partial charge in [0.1, 0.15) is 5.75 Å². The van der Waals surface area contributed by atoms with Gasteiger partial charge < -0.3 is 10.1 Å². The van der Waals surface area contributed by atoms with Gasteiger partial charge >= 0.3 is 0 Å². The highest BCUT2D eigenvalue weighted by Gasteiger charge is 2.13. The maximum absolute atomic E-state index is 11.7. The number of nitrogens with one attached hydrogen (secondary N) is 1. The molecule has 106 valence electrons. The van der Waals surface area contributed by atoms with Crippen molar-refractivity contribution in [3.63, 3.8) is 0 Å². The lowest BCUT2D eigenvalue weighted by Crippen LogP contribution is -2.15. The number of hydrogen-bond acceptors (Lipinski definition) is 4. The van der Waals surface area contributed by atoms with Crippen molar-refractivity contribution in [1.29, 1.82) is 0 Å².